The predicted octanol–water partition coefficient (Wildman–Crippen LogP) is 4.53. The highest BCUT2D eigenvalue weighted by Crippen LogP contribution is 2.44. The van der Waals surface area contributed by atoms with Crippen LogP contribution >= 0.6 is 22.9 Å². The molecule has 2 fully saturated rings. The number of aryl methyl sites for hydroxylation is 1. The summed E-state index contributed by atoms with van der Waals surface area (Å²) >= 11 is 7.30. The fourth-order valence-corrected chi connectivity index (χ4v) is 4.75. The van der Waals surface area contributed by atoms with E-state index in [9.17, 15) is 18.4 Å². The van der Waals surface area contributed by atoms with E-state index in [2.05, 4.69) is 20.9 Å². The number of nitrogens with zero attached hydrogens (tertiary/aromatic N) is 1. The van der Waals surface area contributed by atoms with E-state index in [0.717, 1.165) is 29.1 Å². The molecular weight excluding hydrogens is 458 g/mol. The maximum Gasteiger partial charge on any atom is 0.262 e. The molecule has 1 atom stereocenters. The van der Waals surface area contributed by atoms with Gasteiger partial charge in [0.2, 0.25) is 11.8 Å². The molecule has 6 nitrogen and oxygen atoms in total. The van der Waals surface area contributed by atoms with Gasteiger partial charge < -0.3 is 16.0 Å². The summed E-state index contributed by atoms with van der Waals surface area (Å²) in [7, 11) is 0. The molecule has 2 aromatic rings. The van der Waals surface area contributed by atoms with Crippen LogP contribution in [0.5, 0.6) is 0 Å². The number of amides is 2. The van der Waals surface area contributed by atoms with Crippen molar-refractivity contribution < 1.29 is 18.4 Å². The molecule has 172 valence electrons. The number of pyridine rings is 1. The lowest BCUT2D eigenvalue weighted by molar-refractivity contribution is -0.129. The molecule has 0 aromatic carbocycles. The third-order valence-corrected chi connectivity index (χ3v) is 6.97. The fraction of sp³-hybridized carbons (Fsp3) is 0.500. The zero-order valence-electron chi connectivity index (χ0n) is 17.6. The van der Waals surface area contributed by atoms with Gasteiger partial charge in [0.1, 0.15) is 6.04 Å². The molecule has 2 aliphatic rings. The van der Waals surface area contributed by atoms with Crippen molar-refractivity contribution >= 4 is 40.4 Å². The van der Waals surface area contributed by atoms with Crippen LogP contribution in [0.2, 0.25) is 5.02 Å². The molecular formula is C22H25ClF2N4O2S. The number of rotatable bonds is 9. The Balaban J connectivity index is 1.35. The van der Waals surface area contributed by atoms with E-state index >= 15 is 0 Å². The van der Waals surface area contributed by atoms with Gasteiger partial charge in [-0.2, -0.15) is 0 Å². The third-order valence-electron chi connectivity index (χ3n) is 5.68. The van der Waals surface area contributed by atoms with Crippen molar-refractivity contribution in [3.63, 3.8) is 0 Å². The summed E-state index contributed by atoms with van der Waals surface area (Å²) in [4.78, 5) is 31.0. The van der Waals surface area contributed by atoms with Crippen LogP contribution in [0.4, 0.5) is 14.5 Å². The highest BCUT2D eigenvalue weighted by Gasteiger charge is 2.46. The predicted molar refractivity (Wildman–Crippen MR) is 120 cm³/mol. The first-order valence-corrected chi connectivity index (χ1v) is 11.8. The maximum atomic E-state index is 13.2. The Morgan fingerprint density at radius 1 is 1.31 bits per heavy atom. The first-order valence-electron chi connectivity index (χ1n) is 10.6. The van der Waals surface area contributed by atoms with E-state index in [4.69, 9.17) is 11.6 Å². The van der Waals surface area contributed by atoms with Gasteiger partial charge in [0, 0.05) is 36.5 Å². The molecule has 10 heteroatoms. The molecule has 2 saturated carbocycles. The third kappa shape index (κ3) is 5.95. The second-order valence-corrected chi connectivity index (χ2v) is 10.2. The molecule has 2 heterocycles. The Morgan fingerprint density at radius 2 is 2.06 bits per heavy atom. The lowest BCUT2D eigenvalue weighted by Crippen LogP contribution is -2.50. The van der Waals surface area contributed by atoms with Crippen molar-refractivity contribution in [2.45, 2.75) is 63.6 Å². The van der Waals surface area contributed by atoms with Gasteiger partial charge in [-0.05, 0) is 50.3 Å². The first-order chi connectivity index (χ1) is 15.2. The molecule has 2 aliphatic carbocycles. The molecule has 2 amide bonds. The molecule has 0 saturated heterocycles. The molecule has 32 heavy (non-hydrogen) atoms. The van der Waals surface area contributed by atoms with Gasteiger partial charge in [-0.15, -0.1) is 11.3 Å². The number of alkyl halides is 2. The van der Waals surface area contributed by atoms with Crippen molar-refractivity contribution in [2.75, 3.05) is 5.32 Å². The van der Waals surface area contributed by atoms with Gasteiger partial charge in [-0.3, -0.25) is 14.6 Å². The van der Waals surface area contributed by atoms with Gasteiger partial charge in [0.25, 0.3) is 5.91 Å². The summed E-state index contributed by atoms with van der Waals surface area (Å²) in [6.07, 6.45) is 3.16. The van der Waals surface area contributed by atoms with Crippen LogP contribution in [0.3, 0.4) is 0 Å². The average Bonchev–Trinajstić information content (AvgIpc) is 3.39. The number of anilines is 1. The quantitative estimate of drug-likeness (QED) is 0.490. The summed E-state index contributed by atoms with van der Waals surface area (Å²) < 4.78 is 26.5. The summed E-state index contributed by atoms with van der Waals surface area (Å²) in [5, 5.41) is 9.42. The van der Waals surface area contributed by atoms with Gasteiger partial charge in [-0.25, -0.2) is 8.78 Å². The van der Waals surface area contributed by atoms with Crippen LogP contribution in [-0.4, -0.2) is 34.8 Å². The minimum Gasteiger partial charge on any atom is -0.379 e. The van der Waals surface area contributed by atoms with Crippen LogP contribution in [-0.2, 0) is 11.3 Å². The summed E-state index contributed by atoms with van der Waals surface area (Å²) in [6.45, 7) is 2.36. The Bertz CT molecular complexity index is 1000. The Kier molecular flexibility index (Phi) is 6.67. The number of carbonyl (C=O) groups excluding carboxylic acids is 2. The Morgan fingerprint density at radius 3 is 2.75 bits per heavy atom. The molecule has 2 aromatic heterocycles. The van der Waals surface area contributed by atoms with E-state index < -0.39 is 12.0 Å². The number of carbonyl (C=O) groups is 2. The topological polar surface area (TPSA) is 83.1 Å². The van der Waals surface area contributed by atoms with Crippen LogP contribution in [0.1, 0.15) is 52.3 Å². The van der Waals surface area contributed by atoms with Crippen molar-refractivity contribution in [3.8, 4) is 0 Å². The summed E-state index contributed by atoms with van der Waals surface area (Å²) in [6, 6.07) is 4.65. The number of aromatic nitrogens is 1. The standard InChI is InChI=1S/C22H25ClF2N4O2S/c1-12-17(7-14(23)10-26-12)27-11-16-4-5-19(32-16)21(31)29-18(20(30)28-15-2-3-15)6-13-8-22(24,25)9-13/h4-5,7,10,13,15,18,27H,2-3,6,8-9,11H2,1H3,(H,28,30)(H,29,31). The molecule has 3 N–H and O–H groups in total. The Hall–Kier alpha value is -2.26. The molecule has 4 rings (SSSR count). The van der Waals surface area contributed by atoms with E-state index in [0.29, 0.717) is 16.4 Å². The number of nitrogens with one attached hydrogen (secondary N) is 3. The van der Waals surface area contributed by atoms with Crippen LogP contribution in [0, 0.1) is 12.8 Å². The lowest BCUT2D eigenvalue weighted by Gasteiger charge is -2.36. The number of hydrogen-bond acceptors (Lipinski definition) is 5. The second kappa shape index (κ2) is 9.31. The van der Waals surface area contributed by atoms with Crippen molar-refractivity contribution in [3.05, 3.63) is 44.9 Å². The number of thiophene rings is 1. The van der Waals surface area contributed by atoms with E-state index in [-0.39, 0.29) is 43.0 Å². The Labute approximate surface area is 194 Å². The molecule has 0 bridgehead atoms. The normalized spacial score (nSPS) is 18.5. The zero-order chi connectivity index (χ0) is 22.9. The van der Waals surface area contributed by atoms with Crippen LogP contribution < -0.4 is 16.0 Å². The smallest absolute Gasteiger partial charge is 0.262 e. The van der Waals surface area contributed by atoms with Gasteiger partial charge >= 0.3 is 0 Å². The van der Waals surface area contributed by atoms with Crippen LogP contribution in [0.15, 0.2) is 24.4 Å². The second-order valence-electron chi connectivity index (χ2n) is 8.58. The molecule has 0 radical (unpaired) electrons. The van der Waals surface area contributed by atoms with Crippen molar-refractivity contribution in [2.24, 2.45) is 5.92 Å². The lowest BCUT2D eigenvalue weighted by atomic mass is 9.77. The highest BCUT2D eigenvalue weighted by atomic mass is 35.5. The molecule has 0 spiro atoms. The number of hydrogen-bond donors (Lipinski definition) is 3. The number of halogens is 3. The van der Waals surface area contributed by atoms with E-state index in [1.807, 2.05) is 13.0 Å². The van der Waals surface area contributed by atoms with E-state index in [1.54, 1.807) is 18.3 Å². The molecule has 0 aliphatic heterocycles. The van der Waals surface area contributed by atoms with Gasteiger partial charge in [-0.1, -0.05) is 11.6 Å². The summed E-state index contributed by atoms with van der Waals surface area (Å²) in [5.74, 6) is -3.58. The van der Waals surface area contributed by atoms with Gasteiger partial charge in [0.15, 0.2) is 0 Å². The highest BCUT2D eigenvalue weighted by molar-refractivity contribution is 7.14. The van der Waals surface area contributed by atoms with E-state index in [1.165, 1.54) is 11.3 Å². The molecule has 1 unspecified atom stereocenters. The first kappa shape index (κ1) is 22.9. The van der Waals surface area contributed by atoms with Crippen molar-refractivity contribution in [1.82, 2.24) is 15.6 Å². The summed E-state index contributed by atoms with van der Waals surface area (Å²) in [5.41, 5.74) is 1.63. The zero-order valence-corrected chi connectivity index (χ0v) is 19.2. The fourth-order valence-electron chi connectivity index (χ4n) is 3.74. The van der Waals surface area contributed by atoms with Crippen LogP contribution in [0.25, 0.3) is 0 Å². The van der Waals surface area contributed by atoms with Gasteiger partial charge in [0.05, 0.1) is 21.3 Å². The monoisotopic (exact) mass is 482 g/mol. The minimum absolute atomic E-state index is 0.133. The van der Waals surface area contributed by atoms with Crippen molar-refractivity contribution in [1.29, 1.82) is 0 Å². The SMILES string of the molecule is Cc1ncc(Cl)cc1NCc1ccc(C(=O)NC(CC2CC(F)(F)C2)C(=O)NC2CC2)s1. The average molecular weight is 483 g/mol. The minimum atomic E-state index is -2.65. The largest absolute Gasteiger partial charge is 0.379 e. The maximum absolute atomic E-state index is 13.2.